The number of hydrogen-bond donors (Lipinski definition) is 0. The van der Waals surface area contributed by atoms with E-state index in [9.17, 15) is 9.59 Å². The first kappa shape index (κ1) is 19.8. The highest BCUT2D eigenvalue weighted by molar-refractivity contribution is 7.13. The van der Waals surface area contributed by atoms with Crippen LogP contribution in [-0.4, -0.2) is 34.9 Å². The fraction of sp³-hybridized carbons (Fsp3) is 0.227. The van der Waals surface area contributed by atoms with Gasteiger partial charge in [-0.05, 0) is 19.4 Å². The smallest absolute Gasteiger partial charge is 0.358 e. The lowest BCUT2D eigenvalue weighted by Crippen LogP contribution is -2.37. The van der Waals surface area contributed by atoms with Crippen molar-refractivity contribution < 1.29 is 14.3 Å². The van der Waals surface area contributed by atoms with Crippen molar-refractivity contribution in [2.24, 2.45) is 0 Å². The number of aromatic nitrogens is 1. The predicted molar refractivity (Wildman–Crippen MR) is 110 cm³/mol. The van der Waals surface area contributed by atoms with Gasteiger partial charge in [0.2, 0.25) is 0 Å². The first-order valence-electron chi connectivity index (χ1n) is 8.96. The van der Waals surface area contributed by atoms with E-state index in [-0.39, 0.29) is 11.6 Å². The van der Waals surface area contributed by atoms with Gasteiger partial charge in [0, 0.05) is 24.5 Å². The molecule has 2 aromatic carbocycles. The number of hydrogen-bond acceptors (Lipinski definition) is 5. The van der Waals surface area contributed by atoms with Crippen molar-refractivity contribution in [3.05, 3.63) is 76.8 Å². The van der Waals surface area contributed by atoms with Crippen LogP contribution in [0.5, 0.6) is 0 Å². The average Bonchev–Trinajstić information content (AvgIpc) is 3.19. The van der Waals surface area contributed by atoms with E-state index >= 15 is 0 Å². The Morgan fingerprint density at radius 2 is 1.79 bits per heavy atom. The van der Waals surface area contributed by atoms with Gasteiger partial charge in [-0.3, -0.25) is 4.79 Å². The second-order valence-electron chi connectivity index (χ2n) is 6.63. The zero-order chi connectivity index (χ0) is 20.1. The van der Waals surface area contributed by atoms with Crippen molar-refractivity contribution >= 4 is 23.2 Å². The Morgan fingerprint density at radius 3 is 2.46 bits per heavy atom. The van der Waals surface area contributed by atoms with E-state index in [4.69, 9.17) is 4.74 Å². The Morgan fingerprint density at radius 1 is 1.11 bits per heavy atom. The Kier molecular flexibility index (Phi) is 6.21. The third-order valence-corrected chi connectivity index (χ3v) is 5.17. The van der Waals surface area contributed by atoms with E-state index in [2.05, 4.69) is 4.98 Å². The minimum Gasteiger partial charge on any atom is -0.448 e. The molecule has 0 aliphatic carbocycles. The molecule has 0 bridgehead atoms. The van der Waals surface area contributed by atoms with Crippen LogP contribution in [-0.2, 0) is 16.1 Å². The zero-order valence-electron chi connectivity index (χ0n) is 16.1. The van der Waals surface area contributed by atoms with Gasteiger partial charge in [0.1, 0.15) is 5.01 Å². The van der Waals surface area contributed by atoms with E-state index in [0.717, 1.165) is 21.7 Å². The molecule has 144 valence electrons. The molecule has 1 atom stereocenters. The molecule has 0 radical (unpaired) electrons. The number of esters is 1. The quantitative estimate of drug-likeness (QED) is 0.584. The largest absolute Gasteiger partial charge is 0.448 e. The summed E-state index contributed by atoms with van der Waals surface area (Å²) in [6, 6.07) is 17.6. The number of amides is 1. The monoisotopic (exact) mass is 394 g/mol. The van der Waals surface area contributed by atoms with Crippen LogP contribution in [0.2, 0.25) is 0 Å². The summed E-state index contributed by atoms with van der Waals surface area (Å²) in [7, 11) is 1.69. The lowest BCUT2D eigenvalue weighted by atomic mass is 10.2. The number of carbonyl (C=O) groups is 2. The standard InChI is InChI=1S/C22H22N2O3S/c1-15-9-11-18(12-10-15)20-23-19(14-28-20)22(26)27-16(2)21(25)24(3)13-17-7-5-4-6-8-17/h4-12,14,16H,13H2,1-3H3/t16-/m0/s1. The van der Waals surface area contributed by atoms with Crippen LogP contribution in [0.3, 0.4) is 0 Å². The second-order valence-corrected chi connectivity index (χ2v) is 7.49. The van der Waals surface area contributed by atoms with E-state index in [1.54, 1.807) is 24.3 Å². The van der Waals surface area contributed by atoms with Gasteiger partial charge in [-0.25, -0.2) is 9.78 Å². The Hall–Kier alpha value is -2.99. The average molecular weight is 394 g/mol. The molecule has 0 saturated carbocycles. The van der Waals surface area contributed by atoms with Crippen LogP contribution in [0.25, 0.3) is 10.6 Å². The number of rotatable bonds is 6. The van der Waals surface area contributed by atoms with Crippen LogP contribution < -0.4 is 0 Å². The summed E-state index contributed by atoms with van der Waals surface area (Å²) in [5.41, 5.74) is 3.33. The molecule has 5 nitrogen and oxygen atoms in total. The third-order valence-electron chi connectivity index (χ3n) is 4.28. The van der Waals surface area contributed by atoms with Crippen molar-refractivity contribution in [3.63, 3.8) is 0 Å². The highest BCUT2D eigenvalue weighted by atomic mass is 32.1. The molecule has 1 heterocycles. The maximum Gasteiger partial charge on any atom is 0.358 e. The Labute approximate surface area is 168 Å². The number of carbonyl (C=O) groups excluding carboxylic acids is 2. The van der Waals surface area contributed by atoms with Crippen molar-refractivity contribution in [2.75, 3.05) is 7.05 Å². The van der Waals surface area contributed by atoms with E-state index in [1.165, 1.54) is 11.3 Å². The molecule has 0 unspecified atom stereocenters. The number of thiazole rings is 1. The van der Waals surface area contributed by atoms with Crippen molar-refractivity contribution in [1.29, 1.82) is 0 Å². The fourth-order valence-electron chi connectivity index (χ4n) is 2.71. The minimum absolute atomic E-state index is 0.214. The molecule has 0 fully saturated rings. The summed E-state index contributed by atoms with van der Waals surface area (Å²) in [5, 5.41) is 2.40. The van der Waals surface area contributed by atoms with Gasteiger partial charge in [0.05, 0.1) is 0 Å². The van der Waals surface area contributed by atoms with Crippen LogP contribution in [0.1, 0.15) is 28.5 Å². The van der Waals surface area contributed by atoms with Crippen molar-refractivity contribution in [2.45, 2.75) is 26.5 Å². The molecular formula is C22H22N2O3S. The summed E-state index contributed by atoms with van der Waals surface area (Å²) < 4.78 is 5.34. The summed E-state index contributed by atoms with van der Waals surface area (Å²) in [6.07, 6.45) is -0.884. The minimum atomic E-state index is -0.884. The molecule has 1 amide bonds. The van der Waals surface area contributed by atoms with Gasteiger partial charge in [0.15, 0.2) is 11.8 Å². The summed E-state index contributed by atoms with van der Waals surface area (Å²) in [5.74, 6) is -0.852. The van der Waals surface area contributed by atoms with Crippen LogP contribution >= 0.6 is 11.3 Å². The topological polar surface area (TPSA) is 59.5 Å². The molecular weight excluding hydrogens is 372 g/mol. The third kappa shape index (κ3) is 4.84. The van der Waals surface area contributed by atoms with Gasteiger partial charge >= 0.3 is 5.97 Å². The SMILES string of the molecule is Cc1ccc(-c2nc(C(=O)O[C@@H](C)C(=O)N(C)Cc3ccccc3)cs2)cc1. The zero-order valence-corrected chi connectivity index (χ0v) is 16.9. The number of ether oxygens (including phenoxy) is 1. The maximum atomic E-state index is 12.5. The number of aryl methyl sites for hydroxylation is 1. The molecule has 0 aliphatic rings. The lowest BCUT2D eigenvalue weighted by Gasteiger charge is -2.21. The van der Waals surface area contributed by atoms with Crippen LogP contribution in [0.4, 0.5) is 0 Å². The molecule has 3 rings (SSSR count). The van der Waals surface area contributed by atoms with Crippen LogP contribution in [0, 0.1) is 6.92 Å². The first-order chi connectivity index (χ1) is 13.4. The molecule has 0 N–H and O–H groups in total. The maximum absolute atomic E-state index is 12.5. The molecule has 0 saturated heterocycles. The van der Waals surface area contributed by atoms with Crippen molar-refractivity contribution in [3.8, 4) is 10.6 Å². The number of benzene rings is 2. The van der Waals surface area contributed by atoms with Gasteiger partial charge in [-0.2, -0.15) is 0 Å². The second kappa shape index (κ2) is 8.80. The fourth-order valence-corrected chi connectivity index (χ4v) is 3.51. The summed E-state index contributed by atoms with van der Waals surface area (Å²) in [4.78, 5) is 30.8. The summed E-state index contributed by atoms with van der Waals surface area (Å²) in [6.45, 7) is 4.05. The van der Waals surface area contributed by atoms with Gasteiger partial charge in [-0.15, -0.1) is 11.3 Å². The van der Waals surface area contributed by atoms with Gasteiger partial charge < -0.3 is 9.64 Å². The van der Waals surface area contributed by atoms with Crippen molar-refractivity contribution in [1.82, 2.24) is 9.88 Å². The molecule has 1 aromatic heterocycles. The van der Waals surface area contributed by atoms with Gasteiger partial charge in [-0.1, -0.05) is 60.2 Å². The molecule has 6 heteroatoms. The first-order valence-corrected chi connectivity index (χ1v) is 9.84. The van der Waals surface area contributed by atoms with E-state index < -0.39 is 12.1 Å². The highest BCUT2D eigenvalue weighted by Gasteiger charge is 2.23. The normalized spacial score (nSPS) is 11.7. The molecule has 0 aliphatic heterocycles. The van der Waals surface area contributed by atoms with E-state index in [1.807, 2.05) is 61.5 Å². The molecule has 28 heavy (non-hydrogen) atoms. The number of likely N-dealkylation sites (N-methyl/N-ethyl adjacent to an activating group) is 1. The van der Waals surface area contributed by atoms with E-state index in [0.29, 0.717) is 6.54 Å². The lowest BCUT2D eigenvalue weighted by molar-refractivity contribution is -0.139. The molecule has 0 spiro atoms. The predicted octanol–water partition coefficient (Wildman–Crippen LogP) is 4.32. The Bertz CT molecular complexity index is 951. The van der Waals surface area contributed by atoms with Gasteiger partial charge in [0.25, 0.3) is 5.91 Å². The molecule has 3 aromatic rings. The number of nitrogens with zero attached hydrogens (tertiary/aromatic N) is 2. The van der Waals surface area contributed by atoms with Crippen LogP contribution in [0.15, 0.2) is 60.0 Å². The Balaban J connectivity index is 1.60. The summed E-state index contributed by atoms with van der Waals surface area (Å²) >= 11 is 1.37. The highest BCUT2D eigenvalue weighted by Crippen LogP contribution is 2.24.